The Morgan fingerprint density at radius 3 is 2.60 bits per heavy atom. The van der Waals surface area contributed by atoms with E-state index in [1.165, 1.54) is 19.5 Å². The first kappa shape index (κ1) is 19.7. The molecule has 0 aliphatic heterocycles. The summed E-state index contributed by atoms with van der Waals surface area (Å²) in [5.74, 6) is -0.437. The van der Waals surface area contributed by atoms with E-state index in [-0.39, 0.29) is 36.3 Å². The van der Waals surface area contributed by atoms with Crippen LogP contribution in [0.15, 0.2) is 23.3 Å². The number of methoxy groups -OCH3 is 1. The first-order chi connectivity index (χ1) is 14.4. The first-order valence-electron chi connectivity index (χ1n) is 9.33. The molecule has 0 spiro atoms. The molecule has 0 atom stereocenters. The number of hydrogen-bond donors (Lipinski definition) is 2. The quantitative estimate of drug-likeness (QED) is 0.583. The first-order valence-corrected chi connectivity index (χ1v) is 9.33. The SMILES string of the molecule is COc1ncc(-c2cc3c(C)nc(N)nc3n(C3CC(OCC(N)=O)C3)c2=O)cn1. The van der Waals surface area contributed by atoms with Gasteiger partial charge in [0.2, 0.25) is 11.9 Å². The van der Waals surface area contributed by atoms with E-state index in [4.69, 9.17) is 20.9 Å². The molecule has 30 heavy (non-hydrogen) atoms. The highest BCUT2D eigenvalue weighted by Crippen LogP contribution is 2.36. The Morgan fingerprint density at radius 2 is 1.97 bits per heavy atom. The van der Waals surface area contributed by atoms with Gasteiger partial charge in [-0.1, -0.05) is 0 Å². The molecule has 11 heteroatoms. The van der Waals surface area contributed by atoms with Crippen molar-refractivity contribution in [2.75, 3.05) is 19.5 Å². The number of primary amides is 1. The number of nitrogens with two attached hydrogens (primary N) is 2. The van der Waals surface area contributed by atoms with Crippen LogP contribution in [0.3, 0.4) is 0 Å². The Kier molecular flexibility index (Phi) is 5.04. The van der Waals surface area contributed by atoms with E-state index in [0.717, 1.165) is 0 Å². The van der Waals surface area contributed by atoms with Gasteiger partial charge in [0.25, 0.3) is 5.56 Å². The minimum Gasteiger partial charge on any atom is -0.467 e. The predicted molar refractivity (Wildman–Crippen MR) is 108 cm³/mol. The Hall–Kier alpha value is -3.60. The van der Waals surface area contributed by atoms with Crippen molar-refractivity contribution in [3.63, 3.8) is 0 Å². The van der Waals surface area contributed by atoms with Crippen LogP contribution in [0, 0.1) is 6.92 Å². The van der Waals surface area contributed by atoms with E-state index in [2.05, 4.69) is 19.9 Å². The third-order valence-electron chi connectivity index (χ3n) is 5.12. The molecule has 1 aliphatic carbocycles. The molecular formula is C19H21N7O4. The van der Waals surface area contributed by atoms with E-state index in [1.807, 2.05) is 6.92 Å². The maximum absolute atomic E-state index is 13.4. The lowest BCUT2D eigenvalue weighted by molar-refractivity contribution is -0.127. The molecule has 3 aromatic rings. The smallest absolute Gasteiger partial charge is 0.316 e. The van der Waals surface area contributed by atoms with Gasteiger partial charge in [-0.15, -0.1) is 0 Å². The summed E-state index contributed by atoms with van der Waals surface area (Å²) in [6, 6.07) is 1.78. The van der Waals surface area contributed by atoms with Gasteiger partial charge in [0.15, 0.2) is 0 Å². The average Bonchev–Trinajstić information content (AvgIpc) is 2.68. The molecule has 156 valence electrons. The van der Waals surface area contributed by atoms with Gasteiger partial charge < -0.3 is 20.9 Å². The summed E-state index contributed by atoms with van der Waals surface area (Å²) in [6.07, 6.45) is 4.01. The lowest BCUT2D eigenvalue weighted by atomic mass is 9.88. The van der Waals surface area contributed by atoms with Gasteiger partial charge >= 0.3 is 6.01 Å². The topological polar surface area (TPSA) is 161 Å². The van der Waals surface area contributed by atoms with Crippen molar-refractivity contribution in [3.05, 3.63) is 34.5 Å². The van der Waals surface area contributed by atoms with Gasteiger partial charge in [-0.2, -0.15) is 4.98 Å². The van der Waals surface area contributed by atoms with Crippen LogP contribution in [0.4, 0.5) is 5.95 Å². The third-order valence-corrected chi connectivity index (χ3v) is 5.12. The second kappa shape index (κ2) is 7.67. The molecule has 0 saturated heterocycles. The number of amides is 1. The predicted octanol–water partition coefficient (Wildman–Crippen LogP) is 0.353. The zero-order chi connectivity index (χ0) is 21.4. The fourth-order valence-corrected chi connectivity index (χ4v) is 3.56. The van der Waals surface area contributed by atoms with Gasteiger partial charge in [0.1, 0.15) is 12.3 Å². The minimum atomic E-state index is -0.529. The molecule has 1 amide bonds. The second-order valence-corrected chi connectivity index (χ2v) is 7.12. The Bertz CT molecular complexity index is 1170. The maximum Gasteiger partial charge on any atom is 0.316 e. The largest absolute Gasteiger partial charge is 0.467 e. The van der Waals surface area contributed by atoms with Crippen molar-refractivity contribution >= 4 is 22.9 Å². The summed E-state index contributed by atoms with van der Waals surface area (Å²) in [5.41, 5.74) is 12.8. The molecule has 0 unspecified atom stereocenters. The summed E-state index contributed by atoms with van der Waals surface area (Å²) < 4.78 is 12.1. The van der Waals surface area contributed by atoms with Gasteiger partial charge in [0, 0.05) is 29.4 Å². The average molecular weight is 411 g/mol. The summed E-state index contributed by atoms with van der Waals surface area (Å²) in [6.45, 7) is 1.66. The van der Waals surface area contributed by atoms with Crippen molar-refractivity contribution in [1.82, 2.24) is 24.5 Å². The van der Waals surface area contributed by atoms with Gasteiger partial charge in [-0.25, -0.2) is 15.0 Å². The molecule has 0 bridgehead atoms. The Morgan fingerprint density at radius 1 is 1.27 bits per heavy atom. The van der Waals surface area contributed by atoms with Crippen LogP contribution in [-0.4, -0.2) is 50.2 Å². The van der Waals surface area contributed by atoms with E-state index in [9.17, 15) is 9.59 Å². The number of ether oxygens (including phenoxy) is 2. The van der Waals surface area contributed by atoms with E-state index >= 15 is 0 Å². The van der Waals surface area contributed by atoms with E-state index in [1.54, 1.807) is 10.6 Å². The van der Waals surface area contributed by atoms with Gasteiger partial charge in [-0.3, -0.25) is 14.2 Å². The van der Waals surface area contributed by atoms with Crippen LogP contribution < -0.4 is 21.8 Å². The van der Waals surface area contributed by atoms with Crippen LogP contribution in [0.2, 0.25) is 0 Å². The minimum absolute atomic E-state index is 0.0922. The normalized spacial score (nSPS) is 18.2. The molecule has 1 aliphatic rings. The molecule has 3 aromatic heterocycles. The number of nitrogens with zero attached hydrogens (tertiary/aromatic N) is 5. The van der Waals surface area contributed by atoms with Crippen molar-refractivity contribution in [2.45, 2.75) is 31.9 Å². The number of pyridine rings is 1. The van der Waals surface area contributed by atoms with Crippen molar-refractivity contribution in [2.24, 2.45) is 5.73 Å². The summed E-state index contributed by atoms with van der Waals surface area (Å²) in [4.78, 5) is 41.1. The van der Waals surface area contributed by atoms with E-state index in [0.29, 0.717) is 40.7 Å². The van der Waals surface area contributed by atoms with Crippen molar-refractivity contribution in [1.29, 1.82) is 0 Å². The summed E-state index contributed by atoms with van der Waals surface area (Å²) in [5, 5.41) is 0.705. The molecule has 1 saturated carbocycles. The lowest BCUT2D eigenvalue weighted by Gasteiger charge is -2.36. The molecule has 3 heterocycles. The number of anilines is 1. The summed E-state index contributed by atoms with van der Waals surface area (Å²) >= 11 is 0. The number of fused-ring (bicyclic) bond motifs is 1. The molecule has 0 aromatic carbocycles. The standard InChI is InChI=1S/C19H21N7O4/c1-9-13-5-14(10-6-22-19(29-2)23-7-10)17(28)26(16(13)25-18(21)24-9)11-3-12(4-11)30-8-15(20)27/h5-7,11-12H,3-4,8H2,1-2H3,(H2,20,27)(H2,21,24,25). The van der Waals surface area contributed by atoms with Crippen LogP contribution in [0.5, 0.6) is 6.01 Å². The lowest BCUT2D eigenvalue weighted by Crippen LogP contribution is -2.40. The summed E-state index contributed by atoms with van der Waals surface area (Å²) in [7, 11) is 1.47. The second-order valence-electron chi connectivity index (χ2n) is 7.12. The molecule has 4 rings (SSSR count). The van der Waals surface area contributed by atoms with Crippen LogP contribution in [0.1, 0.15) is 24.6 Å². The number of hydrogen-bond acceptors (Lipinski definition) is 9. The number of aryl methyl sites for hydroxylation is 1. The van der Waals surface area contributed by atoms with Gasteiger partial charge in [-0.05, 0) is 25.8 Å². The number of nitrogen functional groups attached to an aromatic ring is 1. The molecule has 1 fully saturated rings. The molecule has 11 nitrogen and oxygen atoms in total. The highest BCUT2D eigenvalue weighted by atomic mass is 16.5. The monoisotopic (exact) mass is 411 g/mol. The van der Waals surface area contributed by atoms with Crippen LogP contribution in [-0.2, 0) is 9.53 Å². The maximum atomic E-state index is 13.4. The zero-order valence-electron chi connectivity index (χ0n) is 16.5. The Balaban J connectivity index is 1.80. The van der Waals surface area contributed by atoms with Crippen LogP contribution in [0.25, 0.3) is 22.2 Å². The molecule has 4 N–H and O–H groups in total. The Labute approximate surface area is 171 Å². The fraction of sp³-hybridized carbons (Fsp3) is 0.368. The fourth-order valence-electron chi connectivity index (χ4n) is 3.56. The number of aromatic nitrogens is 5. The van der Waals surface area contributed by atoms with Crippen molar-refractivity contribution in [3.8, 4) is 17.1 Å². The highest BCUT2D eigenvalue weighted by molar-refractivity contribution is 5.84. The highest BCUT2D eigenvalue weighted by Gasteiger charge is 2.34. The molecule has 0 radical (unpaired) electrons. The zero-order valence-corrected chi connectivity index (χ0v) is 16.5. The number of carbonyl (C=O) groups is 1. The van der Waals surface area contributed by atoms with Crippen molar-refractivity contribution < 1.29 is 14.3 Å². The third kappa shape index (κ3) is 3.54. The van der Waals surface area contributed by atoms with E-state index < -0.39 is 5.91 Å². The number of carbonyl (C=O) groups excluding carboxylic acids is 1. The molecular weight excluding hydrogens is 390 g/mol. The van der Waals surface area contributed by atoms with Gasteiger partial charge in [0.05, 0.1) is 24.5 Å². The van der Waals surface area contributed by atoms with Crippen LogP contribution >= 0.6 is 0 Å². The number of rotatable bonds is 6.